The van der Waals surface area contributed by atoms with Crippen molar-refractivity contribution in [1.29, 1.82) is 0 Å². The lowest BCUT2D eigenvalue weighted by Gasteiger charge is -2.22. The van der Waals surface area contributed by atoms with E-state index in [2.05, 4.69) is 0 Å². The number of rotatable bonds is 7. The number of carbonyl (C=O) groups is 2. The predicted octanol–water partition coefficient (Wildman–Crippen LogP) is 2.28. The number of esters is 2. The fourth-order valence-corrected chi connectivity index (χ4v) is 2.32. The maximum Gasteiger partial charge on any atom is 0.338 e. The van der Waals surface area contributed by atoms with Crippen molar-refractivity contribution in [3.05, 3.63) is 59.4 Å². The molecule has 0 spiro atoms. The Kier molecular flexibility index (Phi) is 6.94. The van der Waals surface area contributed by atoms with Crippen molar-refractivity contribution in [1.82, 2.24) is 0 Å². The molecule has 0 aromatic heterocycles. The van der Waals surface area contributed by atoms with Gasteiger partial charge in [0.25, 0.3) is 0 Å². The minimum atomic E-state index is -1.01. The summed E-state index contributed by atoms with van der Waals surface area (Å²) in [5.41, 5.74) is 6.55. The van der Waals surface area contributed by atoms with E-state index in [1.165, 1.54) is 30.3 Å². The Labute approximate surface area is 161 Å². The Morgan fingerprint density at radius 2 is 1.61 bits per heavy atom. The first kappa shape index (κ1) is 21.2. The molecule has 0 saturated carbocycles. The van der Waals surface area contributed by atoms with Crippen LogP contribution in [0.25, 0.3) is 0 Å². The molecule has 0 unspecified atom stereocenters. The van der Waals surface area contributed by atoms with E-state index in [1.807, 2.05) is 0 Å². The SMILES string of the molecule is C[C@@H](OC(=O)c1ccc(F)cc1)[C@@H](C)OC(=O)[C@@H](N)Cc1ccc(O)c(O)c1. The average Bonchev–Trinajstić information content (AvgIpc) is 2.65. The molecule has 8 heteroatoms. The van der Waals surface area contributed by atoms with Crippen molar-refractivity contribution in [2.24, 2.45) is 5.73 Å². The number of phenolic OH excluding ortho intramolecular Hbond substituents is 2. The number of phenols is 2. The maximum atomic E-state index is 12.9. The standard InChI is InChI=1S/C20H22FNO6/c1-11(27-19(25)14-4-6-15(21)7-5-14)12(2)28-20(26)16(22)9-13-3-8-17(23)18(24)10-13/h3-8,10-12,16,23-24H,9,22H2,1-2H3/t11-,12-,16+/m1/s1. The maximum absolute atomic E-state index is 12.9. The van der Waals surface area contributed by atoms with Gasteiger partial charge in [0.05, 0.1) is 5.56 Å². The number of hydrogen-bond acceptors (Lipinski definition) is 7. The molecular formula is C20H22FNO6. The van der Waals surface area contributed by atoms with Gasteiger partial charge in [-0.2, -0.15) is 0 Å². The number of hydrogen-bond donors (Lipinski definition) is 3. The van der Waals surface area contributed by atoms with Gasteiger partial charge in [0.2, 0.25) is 0 Å². The molecule has 2 rings (SSSR count). The molecule has 0 fully saturated rings. The van der Waals surface area contributed by atoms with E-state index in [9.17, 15) is 24.2 Å². The molecule has 0 heterocycles. The summed E-state index contributed by atoms with van der Waals surface area (Å²) in [5.74, 6) is -2.43. The van der Waals surface area contributed by atoms with Crippen LogP contribution in [0.4, 0.5) is 4.39 Å². The second-order valence-corrected chi connectivity index (χ2v) is 6.39. The summed E-state index contributed by atoms with van der Waals surface area (Å²) in [6.07, 6.45) is -1.44. The van der Waals surface area contributed by atoms with Crippen molar-refractivity contribution in [2.45, 2.75) is 38.5 Å². The van der Waals surface area contributed by atoms with Gasteiger partial charge in [0.15, 0.2) is 11.5 Å². The molecule has 0 aliphatic carbocycles. The average molecular weight is 391 g/mol. The summed E-state index contributed by atoms with van der Waals surface area (Å²) in [6.45, 7) is 3.11. The minimum Gasteiger partial charge on any atom is -0.504 e. The topological polar surface area (TPSA) is 119 Å². The minimum absolute atomic E-state index is 0.0864. The number of benzene rings is 2. The van der Waals surface area contributed by atoms with Gasteiger partial charge in [0, 0.05) is 0 Å². The monoisotopic (exact) mass is 391 g/mol. The molecule has 2 aromatic carbocycles. The van der Waals surface area contributed by atoms with Crippen LogP contribution >= 0.6 is 0 Å². The number of halogens is 1. The highest BCUT2D eigenvalue weighted by Crippen LogP contribution is 2.25. The van der Waals surface area contributed by atoms with Crippen LogP contribution in [0.2, 0.25) is 0 Å². The van der Waals surface area contributed by atoms with Crippen molar-refractivity contribution >= 4 is 11.9 Å². The van der Waals surface area contributed by atoms with Gasteiger partial charge >= 0.3 is 11.9 Å². The van der Waals surface area contributed by atoms with Crippen molar-refractivity contribution in [3.8, 4) is 11.5 Å². The summed E-state index contributed by atoms with van der Waals surface area (Å²) in [7, 11) is 0. The highest BCUT2D eigenvalue weighted by molar-refractivity contribution is 5.89. The van der Waals surface area contributed by atoms with Gasteiger partial charge in [-0.3, -0.25) is 4.79 Å². The summed E-state index contributed by atoms with van der Waals surface area (Å²) >= 11 is 0. The molecule has 4 N–H and O–H groups in total. The van der Waals surface area contributed by atoms with Crippen LogP contribution in [0.1, 0.15) is 29.8 Å². The van der Waals surface area contributed by atoms with E-state index >= 15 is 0 Å². The van der Waals surface area contributed by atoms with Gasteiger partial charge in [-0.1, -0.05) is 6.07 Å². The molecule has 0 radical (unpaired) electrons. The first-order valence-corrected chi connectivity index (χ1v) is 8.61. The summed E-state index contributed by atoms with van der Waals surface area (Å²) in [5, 5.41) is 18.8. The lowest BCUT2D eigenvalue weighted by Crippen LogP contribution is -2.39. The van der Waals surface area contributed by atoms with E-state index in [0.717, 1.165) is 12.1 Å². The number of nitrogens with two attached hydrogens (primary N) is 1. The van der Waals surface area contributed by atoms with Gasteiger partial charge in [-0.15, -0.1) is 0 Å². The zero-order valence-corrected chi connectivity index (χ0v) is 15.5. The molecule has 0 aliphatic heterocycles. The third kappa shape index (κ3) is 5.68. The van der Waals surface area contributed by atoms with Crippen LogP contribution in [0.15, 0.2) is 42.5 Å². The predicted molar refractivity (Wildman–Crippen MR) is 98.3 cm³/mol. The Bertz CT molecular complexity index is 839. The fourth-order valence-electron chi connectivity index (χ4n) is 2.32. The van der Waals surface area contributed by atoms with E-state index in [-0.39, 0.29) is 23.5 Å². The van der Waals surface area contributed by atoms with Crippen LogP contribution in [-0.2, 0) is 20.7 Å². The van der Waals surface area contributed by atoms with Crippen LogP contribution in [-0.4, -0.2) is 40.4 Å². The molecule has 28 heavy (non-hydrogen) atoms. The molecule has 0 amide bonds. The molecule has 0 bridgehead atoms. The Morgan fingerprint density at radius 1 is 1.00 bits per heavy atom. The highest BCUT2D eigenvalue weighted by atomic mass is 19.1. The Morgan fingerprint density at radius 3 is 2.21 bits per heavy atom. The van der Waals surface area contributed by atoms with Crippen LogP contribution in [0, 0.1) is 5.82 Å². The van der Waals surface area contributed by atoms with Crippen molar-refractivity contribution in [3.63, 3.8) is 0 Å². The molecule has 0 aliphatic rings. The first-order valence-electron chi connectivity index (χ1n) is 8.61. The number of aromatic hydroxyl groups is 2. The molecule has 2 aromatic rings. The van der Waals surface area contributed by atoms with Gasteiger partial charge in [0.1, 0.15) is 24.1 Å². The first-order chi connectivity index (χ1) is 13.2. The quantitative estimate of drug-likeness (QED) is 0.489. The molecule has 7 nitrogen and oxygen atoms in total. The fraction of sp³-hybridized carbons (Fsp3) is 0.300. The number of carbonyl (C=O) groups excluding carboxylic acids is 2. The Balaban J connectivity index is 1.88. The van der Waals surface area contributed by atoms with E-state index in [0.29, 0.717) is 5.56 Å². The zero-order valence-electron chi connectivity index (χ0n) is 15.5. The van der Waals surface area contributed by atoms with Crippen LogP contribution in [0.5, 0.6) is 11.5 Å². The van der Waals surface area contributed by atoms with E-state index < -0.39 is 36.0 Å². The summed E-state index contributed by atoms with van der Waals surface area (Å²) in [4.78, 5) is 24.2. The molecule has 0 saturated heterocycles. The van der Waals surface area contributed by atoms with Crippen LogP contribution in [0.3, 0.4) is 0 Å². The third-order valence-corrected chi connectivity index (χ3v) is 4.13. The summed E-state index contributed by atoms with van der Waals surface area (Å²) < 4.78 is 23.4. The highest BCUT2D eigenvalue weighted by Gasteiger charge is 2.24. The second-order valence-electron chi connectivity index (χ2n) is 6.39. The van der Waals surface area contributed by atoms with Gasteiger partial charge in [-0.25, -0.2) is 9.18 Å². The normalized spacial score (nSPS) is 14.0. The Hall–Kier alpha value is -3.13. The third-order valence-electron chi connectivity index (χ3n) is 4.13. The second kappa shape index (κ2) is 9.18. The lowest BCUT2D eigenvalue weighted by atomic mass is 10.1. The van der Waals surface area contributed by atoms with E-state index in [1.54, 1.807) is 13.8 Å². The van der Waals surface area contributed by atoms with Crippen LogP contribution < -0.4 is 5.73 Å². The van der Waals surface area contributed by atoms with Crippen molar-refractivity contribution in [2.75, 3.05) is 0 Å². The van der Waals surface area contributed by atoms with E-state index in [4.69, 9.17) is 15.2 Å². The molecule has 150 valence electrons. The number of ether oxygens (including phenoxy) is 2. The zero-order chi connectivity index (χ0) is 20.8. The summed E-state index contributed by atoms with van der Waals surface area (Å²) in [6, 6.07) is 8.00. The van der Waals surface area contributed by atoms with Crippen molar-refractivity contribution < 1.29 is 33.7 Å². The smallest absolute Gasteiger partial charge is 0.338 e. The van der Waals surface area contributed by atoms with Gasteiger partial charge < -0.3 is 25.4 Å². The lowest BCUT2D eigenvalue weighted by molar-refractivity contribution is -0.154. The molecular weight excluding hydrogens is 369 g/mol. The molecule has 3 atom stereocenters. The largest absolute Gasteiger partial charge is 0.504 e. The van der Waals surface area contributed by atoms with Gasteiger partial charge in [-0.05, 0) is 62.2 Å².